The van der Waals surface area contributed by atoms with E-state index in [1.165, 1.54) is 19.3 Å². The summed E-state index contributed by atoms with van der Waals surface area (Å²) >= 11 is 1.65. The Morgan fingerprint density at radius 1 is 1.06 bits per heavy atom. The lowest BCUT2D eigenvalue weighted by molar-refractivity contribution is 0.371. The van der Waals surface area contributed by atoms with Crippen LogP contribution in [0.15, 0.2) is 72.8 Å². The molecule has 1 fully saturated rings. The van der Waals surface area contributed by atoms with E-state index in [2.05, 4.69) is 54.2 Å². The van der Waals surface area contributed by atoms with Crippen molar-refractivity contribution in [3.05, 3.63) is 72.8 Å². The fraction of sp³-hybridized carbons (Fsp3) is 0.148. The van der Waals surface area contributed by atoms with Gasteiger partial charge in [0.15, 0.2) is 5.82 Å². The molecule has 0 aromatic carbocycles. The van der Waals surface area contributed by atoms with Crippen molar-refractivity contribution >= 4 is 39.0 Å². The van der Waals surface area contributed by atoms with Gasteiger partial charge in [-0.05, 0) is 48.4 Å². The number of imidazole rings is 1. The monoisotopic (exact) mass is 490 g/mol. The van der Waals surface area contributed by atoms with E-state index in [1.54, 1.807) is 23.7 Å². The van der Waals surface area contributed by atoms with Gasteiger partial charge in [0, 0.05) is 29.0 Å². The van der Waals surface area contributed by atoms with Gasteiger partial charge in [-0.25, -0.2) is 4.98 Å². The largest absolute Gasteiger partial charge is 0.358 e. The van der Waals surface area contributed by atoms with Gasteiger partial charge in [-0.2, -0.15) is 5.10 Å². The lowest BCUT2D eigenvalue weighted by Gasteiger charge is -2.28. The molecule has 0 saturated heterocycles. The van der Waals surface area contributed by atoms with E-state index < -0.39 is 0 Å². The van der Waals surface area contributed by atoms with Gasteiger partial charge in [-0.3, -0.25) is 20.1 Å². The van der Waals surface area contributed by atoms with Gasteiger partial charge in [-0.15, -0.1) is 11.3 Å². The lowest BCUT2D eigenvalue weighted by atomic mass is 9.83. The summed E-state index contributed by atoms with van der Waals surface area (Å²) < 4.78 is 0. The number of fused-ring (bicyclic) bond motifs is 2. The van der Waals surface area contributed by atoms with Crippen molar-refractivity contribution in [2.24, 2.45) is 5.92 Å². The van der Waals surface area contributed by atoms with E-state index in [0.717, 1.165) is 60.8 Å². The van der Waals surface area contributed by atoms with Crippen LogP contribution in [0.25, 0.3) is 55.3 Å². The summed E-state index contributed by atoms with van der Waals surface area (Å²) in [6, 6.07) is 10.1. The average Bonchev–Trinajstić information content (AvgIpc) is 3.61. The van der Waals surface area contributed by atoms with E-state index in [0.29, 0.717) is 11.7 Å². The van der Waals surface area contributed by atoms with E-state index in [1.807, 2.05) is 36.0 Å². The summed E-state index contributed by atoms with van der Waals surface area (Å²) in [5, 5.41) is 14.1. The summed E-state index contributed by atoms with van der Waals surface area (Å²) in [6.45, 7) is 4.21. The molecule has 1 aliphatic rings. The highest BCUT2D eigenvalue weighted by molar-refractivity contribution is 7.13. The van der Waals surface area contributed by atoms with Crippen molar-refractivity contribution in [1.82, 2.24) is 35.1 Å². The first-order valence-electron chi connectivity index (χ1n) is 11.9. The molecule has 3 N–H and O–H groups in total. The molecule has 1 aliphatic carbocycles. The number of rotatable bonds is 6. The van der Waals surface area contributed by atoms with Crippen molar-refractivity contribution in [3.8, 4) is 33.3 Å². The standard InChI is InChI=1S/C27H22N8S/c1-15(16-4-2-5-16)31-18-10-17(12-28-13-18)21-11-19-22(14-30-21)34-35-24(19)27-32-20-7-8-29-26(25(20)33-27)23-6-3-9-36-23/h3,6-14,16,31H,1-2,4-5H2,(H,32,33)(H,34,35). The van der Waals surface area contributed by atoms with Gasteiger partial charge < -0.3 is 10.3 Å². The van der Waals surface area contributed by atoms with Crippen LogP contribution < -0.4 is 5.32 Å². The van der Waals surface area contributed by atoms with E-state index >= 15 is 0 Å². The Kier molecular flexibility index (Phi) is 4.88. The molecular formula is C27H22N8S. The molecule has 176 valence electrons. The smallest absolute Gasteiger partial charge is 0.159 e. The maximum atomic E-state index is 4.89. The SMILES string of the molecule is C=C(Nc1cncc(-c2cc3c(-c4nc5c(-c6cccs6)nccc5[nH]4)n[nH]c3cn2)c1)C1CCC1. The zero-order chi connectivity index (χ0) is 24.1. The Bertz CT molecular complexity index is 1730. The number of hydrogen-bond acceptors (Lipinski definition) is 7. The number of nitrogens with zero attached hydrogens (tertiary/aromatic N) is 5. The molecule has 0 spiro atoms. The molecule has 0 amide bonds. The van der Waals surface area contributed by atoms with Crippen LogP contribution in [0.5, 0.6) is 0 Å². The summed E-state index contributed by atoms with van der Waals surface area (Å²) in [7, 11) is 0. The molecule has 9 heteroatoms. The Hall–Kier alpha value is -4.37. The highest BCUT2D eigenvalue weighted by atomic mass is 32.1. The van der Waals surface area contributed by atoms with Gasteiger partial charge >= 0.3 is 0 Å². The van der Waals surface area contributed by atoms with Crippen LogP contribution >= 0.6 is 11.3 Å². The Labute approximate surface area is 210 Å². The molecule has 0 radical (unpaired) electrons. The topological polar surface area (TPSA) is 108 Å². The third-order valence-corrected chi connectivity index (χ3v) is 7.64. The number of nitrogens with one attached hydrogen (secondary N) is 3. The lowest BCUT2D eigenvalue weighted by Crippen LogP contribution is -2.18. The minimum Gasteiger partial charge on any atom is -0.358 e. The van der Waals surface area contributed by atoms with E-state index in [-0.39, 0.29) is 0 Å². The fourth-order valence-electron chi connectivity index (χ4n) is 4.59. The second-order valence-electron chi connectivity index (χ2n) is 9.05. The summed E-state index contributed by atoms with van der Waals surface area (Å²) in [5.74, 6) is 1.24. The molecule has 0 unspecified atom stereocenters. The maximum absolute atomic E-state index is 4.89. The second-order valence-corrected chi connectivity index (χ2v) is 9.99. The van der Waals surface area contributed by atoms with Gasteiger partial charge in [0.2, 0.25) is 0 Å². The Balaban J connectivity index is 1.26. The minimum atomic E-state index is 0.552. The van der Waals surface area contributed by atoms with Crippen molar-refractivity contribution in [2.75, 3.05) is 5.32 Å². The van der Waals surface area contributed by atoms with Crippen LogP contribution in [0.1, 0.15) is 19.3 Å². The van der Waals surface area contributed by atoms with Crippen LogP contribution in [-0.2, 0) is 0 Å². The third kappa shape index (κ3) is 3.56. The molecule has 6 heterocycles. The number of H-pyrrole nitrogens is 2. The molecule has 1 saturated carbocycles. The van der Waals surface area contributed by atoms with Gasteiger partial charge in [0.1, 0.15) is 16.9 Å². The Morgan fingerprint density at radius 3 is 2.83 bits per heavy atom. The van der Waals surface area contributed by atoms with Crippen LogP contribution in [0.4, 0.5) is 5.69 Å². The molecule has 6 aromatic rings. The molecule has 6 aromatic heterocycles. The fourth-order valence-corrected chi connectivity index (χ4v) is 5.31. The molecule has 7 rings (SSSR count). The number of anilines is 1. The predicted octanol–water partition coefficient (Wildman–Crippen LogP) is 6.41. The molecular weight excluding hydrogens is 468 g/mol. The summed E-state index contributed by atoms with van der Waals surface area (Å²) in [6.07, 6.45) is 10.9. The van der Waals surface area contributed by atoms with Crippen molar-refractivity contribution < 1.29 is 0 Å². The highest BCUT2D eigenvalue weighted by Gasteiger charge is 2.21. The van der Waals surface area contributed by atoms with Crippen LogP contribution in [0.3, 0.4) is 0 Å². The molecule has 36 heavy (non-hydrogen) atoms. The molecule has 0 bridgehead atoms. The van der Waals surface area contributed by atoms with Crippen LogP contribution in [-0.4, -0.2) is 35.1 Å². The molecule has 8 nitrogen and oxygen atoms in total. The average molecular weight is 491 g/mol. The number of hydrogen-bond donors (Lipinski definition) is 3. The number of thiophene rings is 1. The maximum Gasteiger partial charge on any atom is 0.159 e. The molecule has 0 aliphatic heterocycles. The van der Waals surface area contributed by atoms with Gasteiger partial charge in [-0.1, -0.05) is 19.1 Å². The van der Waals surface area contributed by atoms with E-state index in [9.17, 15) is 0 Å². The molecule has 0 atom stereocenters. The first-order chi connectivity index (χ1) is 17.7. The number of aromatic nitrogens is 7. The first-order valence-corrected chi connectivity index (χ1v) is 12.8. The van der Waals surface area contributed by atoms with Gasteiger partial charge in [0.25, 0.3) is 0 Å². The highest BCUT2D eigenvalue weighted by Crippen LogP contribution is 2.34. The zero-order valence-electron chi connectivity index (χ0n) is 19.3. The number of allylic oxidation sites excluding steroid dienone is 1. The normalized spacial score (nSPS) is 13.8. The van der Waals surface area contributed by atoms with Gasteiger partial charge in [0.05, 0.1) is 39.7 Å². The Morgan fingerprint density at radius 2 is 2.00 bits per heavy atom. The zero-order valence-corrected chi connectivity index (χ0v) is 20.1. The summed E-state index contributed by atoms with van der Waals surface area (Å²) in [4.78, 5) is 23.1. The first kappa shape index (κ1) is 21.0. The second kappa shape index (κ2) is 8.39. The quantitative estimate of drug-likeness (QED) is 0.249. The van der Waals surface area contributed by atoms with Crippen LogP contribution in [0.2, 0.25) is 0 Å². The minimum absolute atomic E-state index is 0.552. The van der Waals surface area contributed by atoms with Crippen molar-refractivity contribution in [1.29, 1.82) is 0 Å². The number of aromatic amines is 2. The third-order valence-electron chi connectivity index (χ3n) is 6.76. The van der Waals surface area contributed by atoms with Crippen LogP contribution in [0, 0.1) is 5.92 Å². The number of pyridine rings is 3. The van der Waals surface area contributed by atoms with E-state index in [4.69, 9.17) is 4.98 Å². The summed E-state index contributed by atoms with van der Waals surface area (Å²) in [5.41, 5.74) is 7.90. The predicted molar refractivity (Wildman–Crippen MR) is 143 cm³/mol. The van der Waals surface area contributed by atoms with Crippen molar-refractivity contribution in [3.63, 3.8) is 0 Å². The van der Waals surface area contributed by atoms with Crippen molar-refractivity contribution in [2.45, 2.75) is 19.3 Å².